The largest absolute Gasteiger partial charge is 0.365 e. The first-order valence-electron chi connectivity index (χ1n) is 3.53. The Bertz CT molecular complexity index is 218. The summed E-state index contributed by atoms with van der Waals surface area (Å²) in [5.74, 6) is 0.224. The number of Topliss-reactive ketones (excluding diaryl/α,β-unsaturated/α-hetero) is 1. The van der Waals surface area contributed by atoms with Crippen LogP contribution in [-0.4, -0.2) is 16.6 Å². The van der Waals surface area contributed by atoms with E-state index in [0.29, 0.717) is 6.42 Å². The summed E-state index contributed by atoms with van der Waals surface area (Å²) in [5.41, 5.74) is 1.09. The van der Waals surface area contributed by atoms with E-state index in [-0.39, 0.29) is 11.7 Å². The van der Waals surface area contributed by atoms with Crippen LogP contribution in [0.4, 0.5) is 0 Å². The molecule has 0 aliphatic carbocycles. The van der Waals surface area contributed by atoms with Crippen molar-refractivity contribution in [2.45, 2.75) is 12.8 Å². The Balaban J connectivity index is 2.29. The van der Waals surface area contributed by atoms with E-state index >= 15 is 0 Å². The zero-order valence-electron chi connectivity index (χ0n) is 6.14. The molecule has 1 aromatic heterocycles. The van der Waals surface area contributed by atoms with Gasteiger partial charge in [-0.3, -0.25) is 4.79 Å². The van der Waals surface area contributed by atoms with Crippen LogP contribution in [0.5, 0.6) is 0 Å². The maximum Gasteiger partial charge on any atom is 0.147 e. The summed E-state index contributed by atoms with van der Waals surface area (Å²) in [4.78, 5) is 13.8. The van der Waals surface area contributed by atoms with Gasteiger partial charge in [0.15, 0.2) is 0 Å². The molecule has 60 valence electrons. The molecular formula is C8H10ClNO. The smallest absolute Gasteiger partial charge is 0.147 e. The maximum absolute atomic E-state index is 10.8. The number of nitrogens with one attached hydrogen (secondary N) is 1. The number of alkyl halides is 1. The lowest BCUT2D eigenvalue weighted by molar-refractivity contribution is -0.116. The van der Waals surface area contributed by atoms with E-state index < -0.39 is 0 Å². The monoisotopic (exact) mass is 171 g/mol. The molecule has 0 fully saturated rings. The molecule has 3 heteroatoms. The Morgan fingerprint density at radius 2 is 2.45 bits per heavy atom. The van der Waals surface area contributed by atoms with Crippen LogP contribution in [0.2, 0.25) is 0 Å². The standard InChI is InChI=1S/C8H10ClNO/c9-6-8(11)4-3-7-2-1-5-10-7/h1-2,5,10H,3-4,6H2. The van der Waals surface area contributed by atoms with Gasteiger partial charge in [0.2, 0.25) is 0 Å². The van der Waals surface area contributed by atoms with Gasteiger partial charge in [-0.05, 0) is 18.6 Å². The molecule has 0 spiro atoms. The number of halogens is 1. The summed E-state index contributed by atoms with van der Waals surface area (Å²) in [6, 6.07) is 3.88. The van der Waals surface area contributed by atoms with Crippen molar-refractivity contribution in [1.29, 1.82) is 0 Å². The SMILES string of the molecule is O=C(CCl)CCc1ccc[nH]1. The number of H-pyrrole nitrogens is 1. The molecule has 1 N–H and O–H groups in total. The first kappa shape index (κ1) is 8.34. The van der Waals surface area contributed by atoms with Crippen LogP contribution < -0.4 is 0 Å². The molecule has 0 saturated carbocycles. The number of aromatic amines is 1. The van der Waals surface area contributed by atoms with Gasteiger partial charge in [0, 0.05) is 18.3 Å². The summed E-state index contributed by atoms with van der Waals surface area (Å²) in [6.45, 7) is 0. The number of hydrogen-bond acceptors (Lipinski definition) is 1. The zero-order valence-corrected chi connectivity index (χ0v) is 6.90. The topological polar surface area (TPSA) is 32.9 Å². The number of ketones is 1. The highest BCUT2D eigenvalue weighted by Crippen LogP contribution is 2.00. The maximum atomic E-state index is 10.8. The Morgan fingerprint density at radius 1 is 1.64 bits per heavy atom. The molecule has 0 atom stereocenters. The highest BCUT2D eigenvalue weighted by Gasteiger charge is 1.99. The van der Waals surface area contributed by atoms with Crippen molar-refractivity contribution in [1.82, 2.24) is 4.98 Å². The molecule has 0 unspecified atom stereocenters. The first-order chi connectivity index (χ1) is 5.33. The molecule has 0 aromatic carbocycles. The number of aromatic nitrogens is 1. The second-order valence-corrected chi connectivity index (χ2v) is 2.63. The van der Waals surface area contributed by atoms with Gasteiger partial charge in [-0.2, -0.15) is 0 Å². The third-order valence-electron chi connectivity index (χ3n) is 1.48. The van der Waals surface area contributed by atoms with Crippen molar-refractivity contribution >= 4 is 17.4 Å². The van der Waals surface area contributed by atoms with Crippen LogP contribution in [-0.2, 0) is 11.2 Å². The fourth-order valence-corrected chi connectivity index (χ4v) is 0.998. The van der Waals surface area contributed by atoms with Crippen LogP contribution in [0.1, 0.15) is 12.1 Å². The second kappa shape index (κ2) is 4.19. The third-order valence-corrected chi connectivity index (χ3v) is 1.78. The Hall–Kier alpha value is -0.760. The molecular weight excluding hydrogens is 162 g/mol. The summed E-state index contributed by atoms with van der Waals surface area (Å²) in [6.07, 6.45) is 3.14. The van der Waals surface area contributed by atoms with Gasteiger partial charge in [0.05, 0.1) is 5.88 Å². The predicted octanol–water partition coefficient (Wildman–Crippen LogP) is 1.76. The zero-order chi connectivity index (χ0) is 8.10. The molecule has 0 bridgehead atoms. The van der Waals surface area contributed by atoms with E-state index in [1.54, 1.807) is 0 Å². The van der Waals surface area contributed by atoms with E-state index in [9.17, 15) is 4.79 Å². The molecule has 2 nitrogen and oxygen atoms in total. The van der Waals surface area contributed by atoms with Gasteiger partial charge < -0.3 is 4.98 Å². The van der Waals surface area contributed by atoms with Gasteiger partial charge >= 0.3 is 0 Å². The van der Waals surface area contributed by atoms with Crippen LogP contribution in [0.15, 0.2) is 18.3 Å². The molecule has 11 heavy (non-hydrogen) atoms. The van der Waals surface area contributed by atoms with E-state index in [2.05, 4.69) is 4.98 Å². The number of rotatable bonds is 4. The highest BCUT2D eigenvalue weighted by molar-refractivity contribution is 6.27. The Morgan fingerprint density at radius 3 is 3.00 bits per heavy atom. The minimum absolute atomic E-state index is 0.0984. The number of carbonyl (C=O) groups is 1. The molecule has 0 radical (unpaired) electrons. The Labute approximate surface area is 70.6 Å². The first-order valence-corrected chi connectivity index (χ1v) is 4.06. The molecule has 1 rings (SSSR count). The number of hydrogen-bond donors (Lipinski definition) is 1. The minimum Gasteiger partial charge on any atom is -0.365 e. The normalized spacial score (nSPS) is 9.91. The van der Waals surface area contributed by atoms with Crippen molar-refractivity contribution in [3.05, 3.63) is 24.0 Å². The molecule has 0 saturated heterocycles. The van der Waals surface area contributed by atoms with Gasteiger partial charge in [-0.15, -0.1) is 11.6 Å². The lowest BCUT2D eigenvalue weighted by Gasteiger charge is -1.93. The fraction of sp³-hybridized carbons (Fsp3) is 0.375. The van der Waals surface area contributed by atoms with Gasteiger partial charge in [-0.1, -0.05) is 0 Å². The van der Waals surface area contributed by atoms with Gasteiger partial charge in [0.25, 0.3) is 0 Å². The third kappa shape index (κ3) is 2.76. The van der Waals surface area contributed by atoms with Crippen molar-refractivity contribution in [2.75, 3.05) is 5.88 Å². The molecule has 1 heterocycles. The van der Waals surface area contributed by atoms with Crippen LogP contribution >= 0.6 is 11.6 Å². The molecule has 0 amide bonds. The number of carbonyl (C=O) groups excluding carboxylic acids is 1. The minimum atomic E-state index is 0.0984. The van der Waals surface area contributed by atoms with E-state index in [1.165, 1.54) is 0 Å². The number of aryl methyl sites for hydroxylation is 1. The van der Waals surface area contributed by atoms with Gasteiger partial charge in [0.1, 0.15) is 5.78 Å². The van der Waals surface area contributed by atoms with Crippen molar-refractivity contribution in [2.24, 2.45) is 0 Å². The summed E-state index contributed by atoms with van der Waals surface area (Å²) < 4.78 is 0. The molecule has 0 aliphatic heterocycles. The average molecular weight is 172 g/mol. The lowest BCUT2D eigenvalue weighted by Crippen LogP contribution is -2.00. The van der Waals surface area contributed by atoms with Gasteiger partial charge in [-0.25, -0.2) is 0 Å². The lowest BCUT2D eigenvalue weighted by atomic mass is 10.2. The van der Waals surface area contributed by atoms with Crippen molar-refractivity contribution < 1.29 is 4.79 Å². The summed E-state index contributed by atoms with van der Waals surface area (Å²) in [7, 11) is 0. The van der Waals surface area contributed by atoms with E-state index in [4.69, 9.17) is 11.6 Å². The predicted molar refractivity (Wildman–Crippen MR) is 44.8 cm³/mol. The Kier molecular flexibility index (Phi) is 3.17. The van der Waals surface area contributed by atoms with Crippen molar-refractivity contribution in [3.8, 4) is 0 Å². The molecule has 1 aromatic rings. The van der Waals surface area contributed by atoms with E-state index in [1.807, 2.05) is 18.3 Å². The average Bonchev–Trinajstić information content (AvgIpc) is 2.52. The van der Waals surface area contributed by atoms with Crippen LogP contribution in [0.3, 0.4) is 0 Å². The second-order valence-electron chi connectivity index (χ2n) is 2.37. The molecule has 0 aliphatic rings. The quantitative estimate of drug-likeness (QED) is 0.688. The fourth-order valence-electron chi connectivity index (χ4n) is 0.864. The van der Waals surface area contributed by atoms with Crippen molar-refractivity contribution in [3.63, 3.8) is 0 Å². The van der Waals surface area contributed by atoms with Crippen LogP contribution in [0, 0.1) is 0 Å². The van der Waals surface area contributed by atoms with E-state index in [0.717, 1.165) is 12.1 Å². The van der Waals surface area contributed by atoms with Crippen LogP contribution in [0.25, 0.3) is 0 Å². The summed E-state index contributed by atoms with van der Waals surface area (Å²) >= 11 is 5.33. The highest BCUT2D eigenvalue weighted by atomic mass is 35.5. The summed E-state index contributed by atoms with van der Waals surface area (Å²) in [5, 5.41) is 0.